The van der Waals surface area contributed by atoms with Crippen LogP contribution in [0.4, 0.5) is 26.3 Å². The zero-order chi connectivity index (χ0) is 25.8. The highest BCUT2D eigenvalue weighted by atomic mass is 19.4. The number of aliphatic hydroxyl groups excluding tert-OH is 1. The molecule has 2 saturated carbocycles. The Morgan fingerprint density at radius 3 is 2.03 bits per heavy atom. The molecule has 2 aliphatic rings. The van der Waals surface area contributed by atoms with E-state index in [9.17, 15) is 36.2 Å². The van der Waals surface area contributed by atoms with Crippen molar-refractivity contribution < 1.29 is 36.2 Å². The second-order valence-corrected chi connectivity index (χ2v) is 9.71. The van der Waals surface area contributed by atoms with Crippen molar-refractivity contribution in [3.05, 3.63) is 34.9 Å². The van der Waals surface area contributed by atoms with Crippen molar-refractivity contribution in [1.82, 2.24) is 15.5 Å². The third kappa shape index (κ3) is 7.82. The predicted molar refractivity (Wildman–Crippen MR) is 119 cm³/mol. The van der Waals surface area contributed by atoms with E-state index in [-0.39, 0.29) is 24.6 Å². The number of carbonyl (C=O) groups excluding carboxylic acids is 1. The lowest BCUT2D eigenvalue weighted by Gasteiger charge is -2.33. The number of benzene rings is 1. The Labute approximate surface area is 201 Å². The minimum atomic E-state index is -5.00. The minimum absolute atomic E-state index is 0.00746. The molecular weight excluding hydrogens is 476 g/mol. The lowest BCUT2D eigenvalue weighted by molar-refractivity contribution is -0.143. The Morgan fingerprint density at radius 2 is 1.51 bits per heavy atom. The molecule has 0 radical (unpaired) electrons. The second kappa shape index (κ2) is 11.5. The SMILES string of the molecule is CN(C(O)CNC1CCC(CNC(=O)c2cc(C(F)(F)F)cc(C(F)(F)F)c2)CC1)C1CCCC1. The van der Waals surface area contributed by atoms with Gasteiger partial charge in [-0.25, -0.2) is 0 Å². The van der Waals surface area contributed by atoms with Gasteiger partial charge in [0.05, 0.1) is 11.1 Å². The number of hydrogen-bond acceptors (Lipinski definition) is 4. The van der Waals surface area contributed by atoms with Crippen molar-refractivity contribution >= 4 is 5.91 Å². The topological polar surface area (TPSA) is 64.6 Å². The highest BCUT2D eigenvalue weighted by Gasteiger charge is 2.37. The number of aliphatic hydroxyl groups is 1. The average molecular weight is 510 g/mol. The molecular formula is C24H33F6N3O2. The first kappa shape index (κ1) is 27.7. The number of hydrogen-bond donors (Lipinski definition) is 3. The summed E-state index contributed by atoms with van der Waals surface area (Å²) in [6.45, 7) is 0.631. The molecule has 1 unspecified atom stereocenters. The molecule has 11 heteroatoms. The quantitative estimate of drug-likeness (QED) is 0.348. The first-order valence-corrected chi connectivity index (χ1v) is 12.1. The van der Waals surface area contributed by atoms with Crippen molar-refractivity contribution in [2.45, 2.75) is 82.0 Å². The Balaban J connectivity index is 1.46. The van der Waals surface area contributed by atoms with Gasteiger partial charge in [0.25, 0.3) is 5.91 Å². The van der Waals surface area contributed by atoms with Gasteiger partial charge in [-0.1, -0.05) is 12.8 Å². The van der Waals surface area contributed by atoms with E-state index in [4.69, 9.17) is 0 Å². The first-order valence-electron chi connectivity index (χ1n) is 12.1. The van der Waals surface area contributed by atoms with Gasteiger partial charge in [0.2, 0.25) is 0 Å². The van der Waals surface area contributed by atoms with Crippen molar-refractivity contribution in [3.63, 3.8) is 0 Å². The van der Waals surface area contributed by atoms with E-state index in [0.717, 1.165) is 38.5 Å². The van der Waals surface area contributed by atoms with E-state index in [1.807, 2.05) is 11.9 Å². The molecule has 198 valence electrons. The molecule has 2 fully saturated rings. The summed E-state index contributed by atoms with van der Waals surface area (Å²) in [4.78, 5) is 14.4. The van der Waals surface area contributed by atoms with E-state index in [0.29, 0.717) is 24.7 Å². The molecule has 2 aliphatic carbocycles. The van der Waals surface area contributed by atoms with Crippen LogP contribution in [0.5, 0.6) is 0 Å². The van der Waals surface area contributed by atoms with E-state index in [1.54, 1.807) is 0 Å². The largest absolute Gasteiger partial charge is 0.416 e. The second-order valence-electron chi connectivity index (χ2n) is 9.71. The predicted octanol–water partition coefficient (Wildman–Crippen LogP) is 4.80. The van der Waals surface area contributed by atoms with Crippen LogP contribution in [0.1, 0.15) is 72.9 Å². The molecule has 0 aliphatic heterocycles. The van der Waals surface area contributed by atoms with Crippen LogP contribution >= 0.6 is 0 Å². The average Bonchev–Trinajstić information content (AvgIpc) is 3.34. The molecule has 5 nitrogen and oxygen atoms in total. The van der Waals surface area contributed by atoms with Crippen LogP contribution in [0, 0.1) is 5.92 Å². The highest BCUT2D eigenvalue weighted by molar-refractivity contribution is 5.94. The Bertz CT molecular complexity index is 814. The van der Waals surface area contributed by atoms with E-state index in [2.05, 4.69) is 10.6 Å². The van der Waals surface area contributed by atoms with Crippen LogP contribution in [-0.4, -0.2) is 54.4 Å². The smallest absolute Gasteiger partial charge is 0.377 e. The van der Waals surface area contributed by atoms with Gasteiger partial charge in [-0.15, -0.1) is 0 Å². The normalized spacial score (nSPS) is 23.0. The van der Waals surface area contributed by atoms with Crippen LogP contribution in [0.25, 0.3) is 0 Å². The van der Waals surface area contributed by atoms with Crippen LogP contribution in [0.2, 0.25) is 0 Å². The van der Waals surface area contributed by atoms with Gasteiger partial charge in [-0.2, -0.15) is 26.3 Å². The summed E-state index contributed by atoms with van der Waals surface area (Å²) < 4.78 is 78.1. The zero-order valence-electron chi connectivity index (χ0n) is 19.7. The summed E-state index contributed by atoms with van der Waals surface area (Å²) in [5, 5.41) is 16.3. The summed E-state index contributed by atoms with van der Waals surface area (Å²) in [6, 6.07) is 1.52. The minimum Gasteiger partial charge on any atom is -0.377 e. The fraction of sp³-hybridized carbons (Fsp3) is 0.708. The van der Waals surface area contributed by atoms with E-state index >= 15 is 0 Å². The number of rotatable bonds is 8. The number of likely N-dealkylation sites (N-methyl/N-ethyl adjacent to an activating group) is 1. The molecule has 1 amide bonds. The zero-order valence-corrected chi connectivity index (χ0v) is 19.7. The molecule has 0 bridgehead atoms. The van der Waals surface area contributed by atoms with Crippen molar-refractivity contribution in [3.8, 4) is 0 Å². The maximum Gasteiger partial charge on any atom is 0.416 e. The molecule has 1 atom stereocenters. The molecule has 3 rings (SSSR count). The molecule has 0 spiro atoms. The number of alkyl halides is 6. The lowest BCUT2D eigenvalue weighted by atomic mass is 9.86. The van der Waals surface area contributed by atoms with E-state index in [1.165, 1.54) is 12.8 Å². The van der Waals surface area contributed by atoms with Crippen LogP contribution in [0.3, 0.4) is 0 Å². The number of nitrogens with one attached hydrogen (secondary N) is 2. The monoisotopic (exact) mass is 509 g/mol. The van der Waals surface area contributed by atoms with Crippen molar-refractivity contribution in [2.75, 3.05) is 20.1 Å². The highest BCUT2D eigenvalue weighted by Crippen LogP contribution is 2.36. The molecule has 35 heavy (non-hydrogen) atoms. The number of nitrogens with zero attached hydrogens (tertiary/aromatic N) is 1. The Morgan fingerprint density at radius 1 is 0.971 bits per heavy atom. The molecule has 0 saturated heterocycles. The standard InChI is InChI=1S/C24H33F6N3O2/c1-33(20-4-2-3-5-20)21(34)14-31-19-8-6-15(7-9-19)13-32-22(35)16-10-17(23(25,26)27)12-18(11-16)24(28,29)30/h10-12,15,19-21,31,34H,2-9,13-14H2,1H3,(H,32,35). The summed E-state index contributed by atoms with van der Waals surface area (Å²) in [5.41, 5.74) is -3.68. The van der Waals surface area contributed by atoms with Gasteiger partial charge >= 0.3 is 12.4 Å². The fourth-order valence-corrected chi connectivity index (χ4v) is 4.97. The van der Waals surface area contributed by atoms with Crippen molar-refractivity contribution in [2.24, 2.45) is 5.92 Å². The van der Waals surface area contributed by atoms with Crippen LogP contribution < -0.4 is 10.6 Å². The number of carbonyl (C=O) groups is 1. The maximum atomic E-state index is 13.0. The summed E-state index contributed by atoms with van der Waals surface area (Å²) in [6.07, 6.45) is -2.87. The summed E-state index contributed by atoms with van der Waals surface area (Å²) in [7, 11) is 1.93. The fourth-order valence-electron chi connectivity index (χ4n) is 4.97. The summed E-state index contributed by atoms with van der Waals surface area (Å²) in [5.74, 6) is -0.879. The van der Waals surface area contributed by atoms with Gasteiger partial charge < -0.3 is 15.7 Å². The third-order valence-corrected chi connectivity index (χ3v) is 7.21. The van der Waals surface area contributed by atoms with Gasteiger partial charge in [-0.05, 0) is 69.7 Å². The van der Waals surface area contributed by atoms with Gasteiger partial charge in [0.1, 0.15) is 6.23 Å². The van der Waals surface area contributed by atoms with Crippen molar-refractivity contribution in [1.29, 1.82) is 0 Å². The Kier molecular flexibility index (Phi) is 9.09. The van der Waals surface area contributed by atoms with Gasteiger partial charge in [0.15, 0.2) is 0 Å². The summed E-state index contributed by atoms with van der Waals surface area (Å²) >= 11 is 0. The molecule has 1 aromatic carbocycles. The lowest BCUT2D eigenvalue weighted by Crippen LogP contribution is -2.47. The van der Waals surface area contributed by atoms with E-state index < -0.39 is 41.2 Å². The number of halogens is 6. The number of amides is 1. The van der Waals surface area contributed by atoms with Crippen LogP contribution in [-0.2, 0) is 12.4 Å². The van der Waals surface area contributed by atoms with Crippen LogP contribution in [0.15, 0.2) is 18.2 Å². The molecule has 3 N–H and O–H groups in total. The van der Waals surface area contributed by atoms with Gasteiger partial charge in [-0.3, -0.25) is 9.69 Å². The first-order chi connectivity index (χ1) is 16.3. The third-order valence-electron chi connectivity index (χ3n) is 7.21. The Hall–Kier alpha value is -1.85. The maximum absolute atomic E-state index is 13.0. The molecule has 0 heterocycles. The molecule has 1 aromatic rings. The van der Waals surface area contributed by atoms with Gasteiger partial charge in [0, 0.05) is 30.7 Å². The molecule has 0 aromatic heterocycles.